The molecule has 1 aliphatic rings. The van der Waals surface area contributed by atoms with E-state index in [9.17, 15) is 0 Å². The molecule has 17 heavy (non-hydrogen) atoms. The first-order valence-electron chi connectivity index (χ1n) is 6.52. The topological polar surface area (TPSA) is 18.5 Å². The van der Waals surface area contributed by atoms with Gasteiger partial charge in [-0.3, -0.25) is 0 Å². The van der Waals surface area contributed by atoms with Gasteiger partial charge in [0.2, 0.25) is 0 Å². The molecule has 1 unspecified atom stereocenters. The smallest absolute Gasteiger partial charge is 0.123 e. The summed E-state index contributed by atoms with van der Waals surface area (Å²) in [5, 5.41) is 0. The van der Waals surface area contributed by atoms with Gasteiger partial charge in [0.1, 0.15) is 11.9 Å². The molecule has 94 valence electrons. The first kappa shape index (κ1) is 12.4. The van der Waals surface area contributed by atoms with Crippen molar-refractivity contribution in [2.24, 2.45) is 0 Å². The van der Waals surface area contributed by atoms with Crippen molar-refractivity contribution < 1.29 is 9.47 Å². The van der Waals surface area contributed by atoms with Crippen LogP contribution in [0.1, 0.15) is 43.7 Å². The van der Waals surface area contributed by atoms with E-state index in [1.54, 1.807) is 0 Å². The summed E-state index contributed by atoms with van der Waals surface area (Å²) in [5.41, 5.74) is 2.54. The van der Waals surface area contributed by atoms with Crippen molar-refractivity contribution in [2.75, 3.05) is 13.2 Å². The van der Waals surface area contributed by atoms with Gasteiger partial charge in [0.05, 0.1) is 6.61 Å². The van der Waals surface area contributed by atoms with Crippen LogP contribution in [0, 0.1) is 6.92 Å². The summed E-state index contributed by atoms with van der Waals surface area (Å²) < 4.78 is 11.5. The van der Waals surface area contributed by atoms with Crippen LogP contribution in [0.4, 0.5) is 0 Å². The van der Waals surface area contributed by atoms with Crippen molar-refractivity contribution >= 4 is 0 Å². The Kier molecular flexibility index (Phi) is 4.06. The predicted octanol–water partition coefficient (Wildman–Crippen LogP) is 3.68. The summed E-state index contributed by atoms with van der Waals surface area (Å²) in [6.45, 7) is 8.12. The van der Waals surface area contributed by atoms with Gasteiger partial charge in [-0.2, -0.15) is 0 Å². The Hall–Kier alpha value is -1.02. The maximum Gasteiger partial charge on any atom is 0.123 e. The van der Waals surface area contributed by atoms with Crippen molar-refractivity contribution in [3.05, 3.63) is 29.3 Å². The average Bonchev–Trinajstić information content (AvgIpc) is 2.33. The average molecular weight is 234 g/mol. The van der Waals surface area contributed by atoms with Crippen LogP contribution in [0.5, 0.6) is 5.75 Å². The molecule has 0 radical (unpaired) electrons. The monoisotopic (exact) mass is 234 g/mol. The summed E-state index contributed by atoms with van der Waals surface area (Å²) in [5.74, 6) is 1.56. The van der Waals surface area contributed by atoms with E-state index >= 15 is 0 Å². The molecule has 1 aromatic carbocycles. The van der Waals surface area contributed by atoms with Crippen LogP contribution in [0.25, 0.3) is 0 Å². The minimum absolute atomic E-state index is 0.227. The van der Waals surface area contributed by atoms with Gasteiger partial charge in [0, 0.05) is 6.61 Å². The number of hydrogen-bond donors (Lipinski definition) is 0. The molecule has 1 heterocycles. The standard InChI is InChI=1S/C15H22O2/c1-11(2)13-7-6-12(3)15(9-13)17-14-5-4-8-16-10-14/h6-7,9,11,14H,4-5,8,10H2,1-3H3. The Morgan fingerprint density at radius 3 is 2.82 bits per heavy atom. The van der Waals surface area contributed by atoms with E-state index in [1.165, 1.54) is 11.1 Å². The van der Waals surface area contributed by atoms with Crippen LogP contribution in [0.2, 0.25) is 0 Å². The van der Waals surface area contributed by atoms with Gasteiger partial charge in [-0.25, -0.2) is 0 Å². The van der Waals surface area contributed by atoms with Gasteiger partial charge in [-0.05, 0) is 42.9 Å². The first-order chi connectivity index (χ1) is 8.16. The van der Waals surface area contributed by atoms with Gasteiger partial charge in [0.25, 0.3) is 0 Å². The zero-order valence-electron chi connectivity index (χ0n) is 11.0. The molecule has 1 atom stereocenters. The highest BCUT2D eigenvalue weighted by molar-refractivity contribution is 5.37. The molecule has 0 bridgehead atoms. The summed E-state index contributed by atoms with van der Waals surface area (Å²) in [7, 11) is 0. The van der Waals surface area contributed by atoms with Crippen LogP contribution in [0.15, 0.2) is 18.2 Å². The van der Waals surface area contributed by atoms with E-state index in [1.807, 2.05) is 0 Å². The summed E-state index contributed by atoms with van der Waals surface area (Å²) >= 11 is 0. The molecule has 1 aliphatic heterocycles. The molecule has 2 rings (SSSR count). The maximum absolute atomic E-state index is 6.05. The van der Waals surface area contributed by atoms with Crippen molar-refractivity contribution in [1.82, 2.24) is 0 Å². The third-order valence-corrected chi connectivity index (χ3v) is 3.29. The molecule has 1 aromatic rings. The van der Waals surface area contributed by atoms with E-state index in [2.05, 4.69) is 39.0 Å². The first-order valence-corrected chi connectivity index (χ1v) is 6.52. The Morgan fingerprint density at radius 1 is 1.35 bits per heavy atom. The molecule has 0 amide bonds. The molecular formula is C15H22O2. The second-order valence-corrected chi connectivity index (χ2v) is 5.14. The van der Waals surface area contributed by atoms with Crippen LogP contribution < -0.4 is 4.74 Å². The predicted molar refractivity (Wildman–Crippen MR) is 69.7 cm³/mol. The summed E-state index contributed by atoms with van der Waals surface area (Å²) in [6.07, 6.45) is 2.43. The SMILES string of the molecule is Cc1ccc(C(C)C)cc1OC1CCCOC1. The highest BCUT2D eigenvalue weighted by atomic mass is 16.5. The number of rotatable bonds is 3. The Balaban J connectivity index is 2.10. The van der Waals surface area contributed by atoms with Crippen LogP contribution in [-0.2, 0) is 4.74 Å². The van der Waals surface area contributed by atoms with Crippen molar-refractivity contribution in [3.8, 4) is 5.75 Å². The summed E-state index contributed by atoms with van der Waals surface area (Å²) in [6, 6.07) is 6.51. The van der Waals surface area contributed by atoms with E-state index in [0.717, 1.165) is 31.8 Å². The number of aryl methyl sites for hydroxylation is 1. The second-order valence-electron chi connectivity index (χ2n) is 5.14. The fourth-order valence-electron chi connectivity index (χ4n) is 2.09. The Bertz CT molecular complexity index is 365. The van der Waals surface area contributed by atoms with Crippen molar-refractivity contribution in [3.63, 3.8) is 0 Å². The lowest BCUT2D eigenvalue weighted by atomic mass is 10.0. The van der Waals surface area contributed by atoms with Gasteiger partial charge < -0.3 is 9.47 Å². The molecule has 0 saturated carbocycles. The van der Waals surface area contributed by atoms with Gasteiger partial charge in [-0.15, -0.1) is 0 Å². The van der Waals surface area contributed by atoms with Crippen LogP contribution in [-0.4, -0.2) is 19.3 Å². The third kappa shape index (κ3) is 3.22. The molecule has 0 spiro atoms. The zero-order chi connectivity index (χ0) is 12.3. The van der Waals surface area contributed by atoms with Crippen molar-refractivity contribution in [1.29, 1.82) is 0 Å². The molecular weight excluding hydrogens is 212 g/mol. The van der Waals surface area contributed by atoms with E-state index in [0.29, 0.717) is 5.92 Å². The summed E-state index contributed by atoms with van der Waals surface area (Å²) in [4.78, 5) is 0. The molecule has 2 nitrogen and oxygen atoms in total. The molecule has 0 aliphatic carbocycles. The lowest BCUT2D eigenvalue weighted by Crippen LogP contribution is -2.28. The Labute approximate surface area is 104 Å². The van der Waals surface area contributed by atoms with Gasteiger partial charge in [-0.1, -0.05) is 26.0 Å². The lowest BCUT2D eigenvalue weighted by Gasteiger charge is -2.24. The number of benzene rings is 1. The minimum atomic E-state index is 0.227. The second kappa shape index (κ2) is 5.54. The molecule has 1 fully saturated rings. The third-order valence-electron chi connectivity index (χ3n) is 3.29. The maximum atomic E-state index is 6.05. The van der Waals surface area contributed by atoms with Gasteiger partial charge >= 0.3 is 0 Å². The normalized spacial score (nSPS) is 20.6. The van der Waals surface area contributed by atoms with Crippen molar-refractivity contribution in [2.45, 2.75) is 45.6 Å². The fraction of sp³-hybridized carbons (Fsp3) is 0.600. The highest BCUT2D eigenvalue weighted by Gasteiger charge is 2.16. The van der Waals surface area contributed by atoms with Crippen LogP contribution in [0.3, 0.4) is 0 Å². The molecule has 0 N–H and O–H groups in total. The Morgan fingerprint density at radius 2 is 2.18 bits per heavy atom. The lowest BCUT2D eigenvalue weighted by molar-refractivity contribution is 0.00712. The van der Waals surface area contributed by atoms with E-state index in [-0.39, 0.29) is 6.10 Å². The van der Waals surface area contributed by atoms with E-state index in [4.69, 9.17) is 9.47 Å². The van der Waals surface area contributed by atoms with Crippen LogP contribution >= 0.6 is 0 Å². The van der Waals surface area contributed by atoms with E-state index < -0.39 is 0 Å². The molecule has 1 saturated heterocycles. The quantitative estimate of drug-likeness (QED) is 0.794. The molecule has 2 heteroatoms. The fourth-order valence-corrected chi connectivity index (χ4v) is 2.09. The zero-order valence-corrected chi connectivity index (χ0v) is 11.0. The number of hydrogen-bond acceptors (Lipinski definition) is 2. The van der Waals surface area contributed by atoms with Gasteiger partial charge in [0.15, 0.2) is 0 Å². The highest BCUT2D eigenvalue weighted by Crippen LogP contribution is 2.26. The minimum Gasteiger partial charge on any atom is -0.488 e. The molecule has 0 aromatic heterocycles. The number of ether oxygens (including phenoxy) is 2. The largest absolute Gasteiger partial charge is 0.488 e.